The van der Waals surface area contributed by atoms with Crippen LogP contribution in [0.15, 0.2) is 54.6 Å². The molecule has 0 saturated carbocycles. The fourth-order valence-electron chi connectivity index (χ4n) is 3.43. The van der Waals surface area contributed by atoms with Gasteiger partial charge in [0, 0.05) is 37.1 Å². The Morgan fingerprint density at radius 3 is 2.30 bits per heavy atom. The summed E-state index contributed by atoms with van der Waals surface area (Å²) in [7, 11) is -3.18. The summed E-state index contributed by atoms with van der Waals surface area (Å²) in [6.07, 6.45) is 1.24. The van der Waals surface area contributed by atoms with Crippen LogP contribution in [0.25, 0.3) is 22.2 Å². The van der Waals surface area contributed by atoms with Crippen LogP contribution in [-0.4, -0.2) is 50.1 Å². The van der Waals surface area contributed by atoms with Gasteiger partial charge in [-0.2, -0.15) is 4.31 Å². The van der Waals surface area contributed by atoms with Gasteiger partial charge >= 0.3 is 0 Å². The quantitative estimate of drug-likeness (QED) is 0.695. The van der Waals surface area contributed by atoms with Crippen molar-refractivity contribution in [2.75, 3.05) is 37.3 Å². The molecule has 140 valence electrons. The van der Waals surface area contributed by atoms with E-state index in [1.807, 2.05) is 24.3 Å². The third kappa shape index (κ3) is 3.65. The molecule has 0 radical (unpaired) electrons. The van der Waals surface area contributed by atoms with Crippen molar-refractivity contribution in [2.24, 2.45) is 0 Å². The molecular formula is C20H20FN3O2S. The third-order valence-corrected chi connectivity index (χ3v) is 6.17. The van der Waals surface area contributed by atoms with Gasteiger partial charge in [-0.3, -0.25) is 0 Å². The largest absolute Gasteiger partial charge is 0.367 e. The molecular weight excluding hydrogens is 365 g/mol. The summed E-state index contributed by atoms with van der Waals surface area (Å²) in [5, 5.41) is 1.02. The fourth-order valence-corrected chi connectivity index (χ4v) is 4.25. The van der Waals surface area contributed by atoms with E-state index in [1.165, 1.54) is 22.7 Å². The first-order valence-electron chi connectivity index (χ1n) is 8.77. The first kappa shape index (κ1) is 17.9. The van der Waals surface area contributed by atoms with E-state index in [9.17, 15) is 12.8 Å². The molecule has 2 heterocycles. The van der Waals surface area contributed by atoms with Crippen LogP contribution in [0.1, 0.15) is 0 Å². The Kier molecular flexibility index (Phi) is 4.57. The molecule has 5 nitrogen and oxygen atoms in total. The Morgan fingerprint density at radius 1 is 0.963 bits per heavy atom. The topological polar surface area (TPSA) is 53.5 Å². The molecule has 27 heavy (non-hydrogen) atoms. The molecule has 0 aliphatic carbocycles. The van der Waals surface area contributed by atoms with Gasteiger partial charge < -0.3 is 4.90 Å². The zero-order valence-corrected chi connectivity index (χ0v) is 15.8. The number of hydrogen-bond acceptors (Lipinski definition) is 4. The highest BCUT2D eigenvalue weighted by Gasteiger charge is 2.25. The van der Waals surface area contributed by atoms with Gasteiger partial charge in [0.2, 0.25) is 10.0 Å². The maximum absolute atomic E-state index is 13.4. The van der Waals surface area contributed by atoms with Gasteiger partial charge in [-0.15, -0.1) is 0 Å². The number of hydrogen-bond donors (Lipinski definition) is 0. The van der Waals surface area contributed by atoms with Crippen molar-refractivity contribution >= 4 is 26.6 Å². The van der Waals surface area contributed by atoms with Crippen molar-refractivity contribution in [2.45, 2.75) is 0 Å². The second-order valence-electron chi connectivity index (χ2n) is 6.70. The molecule has 1 aromatic heterocycles. The molecule has 4 rings (SSSR count). The molecule has 0 spiro atoms. The molecule has 1 aliphatic rings. The summed E-state index contributed by atoms with van der Waals surface area (Å²) >= 11 is 0. The lowest BCUT2D eigenvalue weighted by Crippen LogP contribution is -2.48. The number of benzene rings is 2. The molecule has 1 fully saturated rings. The van der Waals surface area contributed by atoms with Crippen LogP contribution in [0.3, 0.4) is 0 Å². The smallest absolute Gasteiger partial charge is 0.211 e. The van der Waals surface area contributed by atoms with Gasteiger partial charge in [0.25, 0.3) is 0 Å². The van der Waals surface area contributed by atoms with Crippen LogP contribution < -0.4 is 4.90 Å². The minimum absolute atomic E-state index is 0.289. The summed E-state index contributed by atoms with van der Waals surface area (Å²) in [6, 6.07) is 16.2. The highest BCUT2D eigenvalue weighted by Crippen LogP contribution is 2.33. The van der Waals surface area contributed by atoms with Crippen LogP contribution in [0.4, 0.5) is 10.1 Å². The van der Waals surface area contributed by atoms with Gasteiger partial charge in [-0.25, -0.2) is 17.8 Å². The number of para-hydroxylation sites is 1. The van der Waals surface area contributed by atoms with Crippen LogP contribution in [-0.2, 0) is 10.0 Å². The van der Waals surface area contributed by atoms with Crippen molar-refractivity contribution in [1.29, 1.82) is 0 Å². The second kappa shape index (κ2) is 6.90. The van der Waals surface area contributed by atoms with Gasteiger partial charge in [-0.05, 0) is 36.4 Å². The van der Waals surface area contributed by atoms with E-state index < -0.39 is 10.0 Å². The number of halogens is 1. The van der Waals surface area contributed by atoms with Crippen LogP contribution >= 0.6 is 0 Å². The molecule has 7 heteroatoms. The van der Waals surface area contributed by atoms with Crippen molar-refractivity contribution < 1.29 is 12.8 Å². The van der Waals surface area contributed by atoms with Gasteiger partial charge in [0.1, 0.15) is 5.82 Å². The first-order valence-corrected chi connectivity index (χ1v) is 10.6. The predicted octanol–water partition coefficient (Wildman–Crippen LogP) is 3.12. The highest BCUT2D eigenvalue weighted by molar-refractivity contribution is 7.88. The molecule has 0 atom stereocenters. The van der Waals surface area contributed by atoms with Gasteiger partial charge in [-0.1, -0.05) is 18.2 Å². The minimum Gasteiger partial charge on any atom is -0.367 e. The van der Waals surface area contributed by atoms with Crippen LogP contribution in [0.2, 0.25) is 0 Å². The Labute approximate surface area is 158 Å². The average molecular weight is 385 g/mol. The maximum Gasteiger partial charge on any atom is 0.211 e. The number of anilines is 1. The predicted molar refractivity (Wildman–Crippen MR) is 106 cm³/mol. The van der Waals surface area contributed by atoms with E-state index in [0.29, 0.717) is 26.2 Å². The third-order valence-electron chi connectivity index (χ3n) is 4.87. The molecule has 3 aromatic rings. The number of pyridine rings is 1. The lowest BCUT2D eigenvalue weighted by atomic mass is 10.1. The number of fused-ring (bicyclic) bond motifs is 1. The van der Waals surface area contributed by atoms with Crippen LogP contribution in [0, 0.1) is 5.82 Å². The molecule has 1 saturated heterocycles. The monoisotopic (exact) mass is 385 g/mol. The summed E-state index contributed by atoms with van der Waals surface area (Å²) in [5.41, 5.74) is 3.42. The zero-order chi connectivity index (χ0) is 19.0. The summed E-state index contributed by atoms with van der Waals surface area (Å²) in [6.45, 7) is 2.05. The molecule has 0 N–H and O–H groups in total. The maximum atomic E-state index is 13.4. The van der Waals surface area contributed by atoms with Crippen molar-refractivity contribution in [3.63, 3.8) is 0 Å². The molecule has 2 aromatic carbocycles. The van der Waals surface area contributed by atoms with Crippen LogP contribution in [0.5, 0.6) is 0 Å². The van der Waals surface area contributed by atoms with E-state index in [4.69, 9.17) is 4.98 Å². The molecule has 0 unspecified atom stereocenters. The molecule has 0 bridgehead atoms. The number of nitrogens with zero attached hydrogens (tertiary/aromatic N) is 3. The summed E-state index contributed by atoms with van der Waals surface area (Å²) < 4.78 is 38.4. The lowest BCUT2D eigenvalue weighted by molar-refractivity contribution is 0.388. The highest BCUT2D eigenvalue weighted by atomic mass is 32.2. The van der Waals surface area contributed by atoms with Crippen molar-refractivity contribution in [1.82, 2.24) is 9.29 Å². The number of piperazine rings is 1. The second-order valence-corrected chi connectivity index (χ2v) is 8.69. The summed E-state index contributed by atoms with van der Waals surface area (Å²) in [4.78, 5) is 6.97. The number of sulfonamides is 1. The molecule has 1 aliphatic heterocycles. The fraction of sp³-hybridized carbons (Fsp3) is 0.250. The molecule has 0 amide bonds. The SMILES string of the molecule is CS(=O)(=O)N1CCN(c2cc3ccccc3nc2-c2ccc(F)cc2)CC1. The van der Waals surface area contributed by atoms with E-state index in [2.05, 4.69) is 11.0 Å². The van der Waals surface area contributed by atoms with Gasteiger partial charge in [0.15, 0.2) is 0 Å². The van der Waals surface area contributed by atoms with E-state index in [-0.39, 0.29) is 5.82 Å². The van der Waals surface area contributed by atoms with Crippen molar-refractivity contribution in [3.8, 4) is 11.3 Å². The Hall–Kier alpha value is -2.51. The number of aromatic nitrogens is 1. The Bertz CT molecular complexity index is 1080. The normalized spacial score (nSPS) is 16.0. The Balaban J connectivity index is 1.77. The standard InChI is InChI=1S/C20H20FN3O2S/c1-27(25,26)24-12-10-23(11-13-24)19-14-16-4-2-3-5-18(16)22-20(19)15-6-8-17(21)9-7-15/h2-9,14H,10-13H2,1H3. The average Bonchev–Trinajstić information content (AvgIpc) is 2.67. The van der Waals surface area contributed by atoms with E-state index in [0.717, 1.165) is 27.8 Å². The first-order chi connectivity index (χ1) is 12.9. The van der Waals surface area contributed by atoms with E-state index >= 15 is 0 Å². The Morgan fingerprint density at radius 2 is 1.63 bits per heavy atom. The minimum atomic E-state index is -3.18. The summed E-state index contributed by atoms with van der Waals surface area (Å²) in [5.74, 6) is -0.289. The lowest BCUT2D eigenvalue weighted by Gasteiger charge is -2.35. The van der Waals surface area contributed by atoms with Gasteiger partial charge in [0.05, 0.1) is 23.2 Å². The van der Waals surface area contributed by atoms with E-state index in [1.54, 1.807) is 12.1 Å². The zero-order valence-electron chi connectivity index (χ0n) is 15.0. The number of rotatable bonds is 3. The van der Waals surface area contributed by atoms with Crippen molar-refractivity contribution in [3.05, 3.63) is 60.4 Å².